The Morgan fingerprint density at radius 3 is 2.30 bits per heavy atom. The van der Waals surface area contributed by atoms with Crippen molar-refractivity contribution in [2.75, 3.05) is 31.6 Å². The Balaban J connectivity index is 2.05. The molecule has 1 fully saturated rings. The zero-order valence-corrected chi connectivity index (χ0v) is 13.5. The number of nitrogens with one attached hydrogen (secondary N) is 1. The Morgan fingerprint density at radius 2 is 1.70 bits per heavy atom. The van der Waals surface area contributed by atoms with E-state index in [4.69, 9.17) is 9.47 Å². The second-order valence-corrected chi connectivity index (χ2v) is 5.10. The van der Waals surface area contributed by atoms with Gasteiger partial charge in [-0.15, -0.1) is 0 Å². The zero-order valence-electron chi connectivity index (χ0n) is 13.5. The zero-order chi connectivity index (χ0) is 16.7. The molecule has 2 rings (SSSR count). The Kier molecular flexibility index (Phi) is 6.08. The van der Waals surface area contributed by atoms with Crippen LogP contribution < -0.4 is 5.32 Å². The lowest BCUT2D eigenvalue weighted by Crippen LogP contribution is -2.58. The summed E-state index contributed by atoms with van der Waals surface area (Å²) in [4.78, 5) is 24.2. The van der Waals surface area contributed by atoms with Crippen LogP contribution in [0.4, 0.5) is 15.3 Å². The molecule has 1 aliphatic heterocycles. The molecule has 7 nitrogen and oxygen atoms in total. The topological polar surface area (TPSA) is 71.1 Å². The van der Waals surface area contributed by atoms with E-state index in [1.54, 1.807) is 13.8 Å². The van der Waals surface area contributed by atoms with Crippen LogP contribution in [0.1, 0.15) is 20.3 Å². The molecule has 1 aliphatic rings. The third-order valence-corrected chi connectivity index (χ3v) is 3.48. The van der Waals surface area contributed by atoms with E-state index >= 15 is 0 Å². The van der Waals surface area contributed by atoms with E-state index < -0.39 is 12.2 Å². The highest BCUT2D eigenvalue weighted by Gasteiger charge is 2.35. The van der Waals surface area contributed by atoms with Gasteiger partial charge in [-0.1, -0.05) is 18.2 Å². The number of hydrazine groups is 1. The predicted octanol–water partition coefficient (Wildman–Crippen LogP) is 2.70. The van der Waals surface area contributed by atoms with E-state index in [2.05, 4.69) is 5.32 Å². The van der Waals surface area contributed by atoms with E-state index in [0.717, 1.165) is 5.69 Å². The van der Waals surface area contributed by atoms with Crippen molar-refractivity contribution < 1.29 is 19.1 Å². The van der Waals surface area contributed by atoms with Crippen LogP contribution in [-0.4, -0.2) is 54.5 Å². The quantitative estimate of drug-likeness (QED) is 0.923. The molecule has 1 aromatic carbocycles. The van der Waals surface area contributed by atoms with Gasteiger partial charge in [0.25, 0.3) is 0 Å². The number of para-hydroxylation sites is 1. The van der Waals surface area contributed by atoms with E-state index in [9.17, 15) is 9.59 Å². The van der Waals surface area contributed by atoms with Gasteiger partial charge in [-0.25, -0.2) is 19.6 Å². The molecule has 1 unspecified atom stereocenters. The summed E-state index contributed by atoms with van der Waals surface area (Å²) < 4.78 is 10.1. The summed E-state index contributed by atoms with van der Waals surface area (Å²) in [5, 5.41) is 5.99. The van der Waals surface area contributed by atoms with Gasteiger partial charge >= 0.3 is 12.2 Å². The molecule has 0 saturated carbocycles. The van der Waals surface area contributed by atoms with Crippen LogP contribution in [0.3, 0.4) is 0 Å². The second-order valence-electron chi connectivity index (χ2n) is 5.10. The summed E-state index contributed by atoms with van der Waals surface area (Å²) in [5.41, 5.74) is 0.978. The number of carbonyl (C=O) groups is 2. The first-order valence-electron chi connectivity index (χ1n) is 7.85. The molecule has 1 heterocycles. The van der Waals surface area contributed by atoms with Crippen molar-refractivity contribution in [1.82, 2.24) is 10.0 Å². The van der Waals surface area contributed by atoms with E-state index in [1.807, 2.05) is 30.3 Å². The highest BCUT2D eigenvalue weighted by Crippen LogP contribution is 2.18. The summed E-state index contributed by atoms with van der Waals surface area (Å²) in [6.07, 6.45) is -0.359. The highest BCUT2D eigenvalue weighted by molar-refractivity contribution is 5.74. The number of anilines is 1. The molecule has 0 spiro atoms. The molecule has 1 aromatic rings. The maximum Gasteiger partial charge on any atom is 0.429 e. The minimum Gasteiger partial charge on any atom is -0.448 e. The molecule has 23 heavy (non-hydrogen) atoms. The summed E-state index contributed by atoms with van der Waals surface area (Å²) in [6, 6.07) is 9.80. The monoisotopic (exact) mass is 321 g/mol. The Labute approximate surface area is 136 Å². The molecule has 1 atom stereocenters. The van der Waals surface area contributed by atoms with Gasteiger partial charge in [0.05, 0.1) is 19.8 Å². The average molecular weight is 321 g/mol. The summed E-state index contributed by atoms with van der Waals surface area (Å²) in [7, 11) is 0. The molecule has 2 amide bonds. The number of ether oxygens (including phenoxy) is 2. The van der Waals surface area contributed by atoms with Crippen LogP contribution >= 0.6 is 0 Å². The van der Waals surface area contributed by atoms with Gasteiger partial charge < -0.3 is 14.8 Å². The number of hydrogen-bond acceptors (Lipinski definition) is 5. The van der Waals surface area contributed by atoms with Crippen molar-refractivity contribution in [3.05, 3.63) is 30.3 Å². The summed E-state index contributed by atoms with van der Waals surface area (Å²) in [6.45, 7) is 4.71. The molecular formula is C16H23N3O4. The van der Waals surface area contributed by atoms with Crippen LogP contribution in [-0.2, 0) is 9.47 Å². The van der Waals surface area contributed by atoms with Crippen molar-refractivity contribution in [2.45, 2.75) is 26.3 Å². The fourth-order valence-corrected chi connectivity index (χ4v) is 2.44. The standard InChI is InChI=1S/C16H23N3O4/c1-3-22-15(20)18-11-10-14(12-19(18)16(21)23-4-2)17-13-8-6-5-7-9-13/h5-9,14,17H,3-4,10-12H2,1-2H3. The van der Waals surface area contributed by atoms with Gasteiger partial charge in [-0.05, 0) is 32.4 Å². The molecular weight excluding hydrogens is 298 g/mol. The predicted molar refractivity (Wildman–Crippen MR) is 85.9 cm³/mol. The first kappa shape index (κ1) is 16.9. The van der Waals surface area contributed by atoms with Gasteiger partial charge in [0.15, 0.2) is 0 Å². The van der Waals surface area contributed by atoms with Crippen molar-refractivity contribution in [2.24, 2.45) is 0 Å². The molecule has 0 aromatic heterocycles. The first-order valence-corrected chi connectivity index (χ1v) is 7.85. The number of nitrogens with zero attached hydrogens (tertiary/aromatic N) is 2. The van der Waals surface area contributed by atoms with Crippen LogP contribution in [0.5, 0.6) is 0 Å². The Hall–Kier alpha value is -2.44. The lowest BCUT2D eigenvalue weighted by Gasteiger charge is -2.40. The average Bonchev–Trinajstić information content (AvgIpc) is 2.56. The Bertz CT molecular complexity index is 523. The van der Waals surface area contributed by atoms with E-state index in [0.29, 0.717) is 19.5 Å². The lowest BCUT2D eigenvalue weighted by atomic mass is 10.1. The van der Waals surface area contributed by atoms with E-state index in [-0.39, 0.29) is 19.3 Å². The smallest absolute Gasteiger partial charge is 0.429 e. The van der Waals surface area contributed by atoms with Crippen LogP contribution in [0.15, 0.2) is 30.3 Å². The van der Waals surface area contributed by atoms with Gasteiger partial charge in [0.1, 0.15) is 0 Å². The van der Waals surface area contributed by atoms with E-state index in [1.165, 1.54) is 10.0 Å². The largest absolute Gasteiger partial charge is 0.448 e. The molecule has 0 radical (unpaired) electrons. The fraction of sp³-hybridized carbons (Fsp3) is 0.500. The normalized spacial score (nSPS) is 17.6. The molecule has 126 valence electrons. The van der Waals surface area contributed by atoms with Crippen molar-refractivity contribution in [1.29, 1.82) is 0 Å². The Morgan fingerprint density at radius 1 is 1.09 bits per heavy atom. The number of carbonyl (C=O) groups excluding carboxylic acids is 2. The van der Waals surface area contributed by atoms with Gasteiger partial charge in [-0.2, -0.15) is 0 Å². The highest BCUT2D eigenvalue weighted by atomic mass is 16.6. The third kappa shape index (κ3) is 4.51. The summed E-state index contributed by atoms with van der Waals surface area (Å²) in [5.74, 6) is 0. The molecule has 0 bridgehead atoms. The summed E-state index contributed by atoms with van der Waals surface area (Å²) >= 11 is 0. The second kappa shape index (κ2) is 8.26. The molecule has 0 aliphatic carbocycles. The number of amides is 2. The maximum atomic E-state index is 12.1. The fourth-order valence-electron chi connectivity index (χ4n) is 2.44. The minimum atomic E-state index is -0.542. The van der Waals surface area contributed by atoms with Crippen molar-refractivity contribution in [3.63, 3.8) is 0 Å². The SMILES string of the molecule is CCOC(=O)N1CCC(Nc2ccccc2)CN1C(=O)OCC. The van der Waals surface area contributed by atoms with Crippen LogP contribution in [0, 0.1) is 0 Å². The minimum absolute atomic E-state index is 0.0347. The van der Waals surface area contributed by atoms with Crippen LogP contribution in [0.25, 0.3) is 0 Å². The van der Waals surface area contributed by atoms with Gasteiger partial charge in [-0.3, -0.25) is 0 Å². The lowest BCUT2D eigenvalue weighted by molar-refractivity contribution is -0.0385. The third-order valence-electron chi connectivity index (χ3n) is 3.48. The van der Waals surface area contributed by atoms with Crippen molar-refractivity contribution in [3.8, 4) is 0 Å². The van der Waals surface area contributed by atoms with Gasteiger partial charge in [0.2, 0.25) is 0 Å². The van der Waals surface area contributed by atoms with Crippen molar-refractivity contribution >= 4 is 17.9 Å². The first-order chi connectivity index (χ1) is 11.2. The number of rotatable bonds is 4. The maximum absolute atomic E-state index is 12.1. The molecule has 1 N–H and O–H groups in total. The van der Waals surface area contributed by atoms with Gasteiger partial charge in [0, 0.05) is 18.3 Å². The number of hydrogen-bond donors (Lipinski definition) is 1. The number of benzene rings is 1. The molecule has 7 heteroatoms. The molecule has 1 saturated heterocycles. The van der Waals surface area contributed by atoms with Crippen LogP contribution in [0.2, 0.25) is 0 Å².